The van der Waals surface area contributed by atoms with Gasteiger partial charge in [0.2, 0.25) is 5.95 Å². The Morgan fingerprint density at radius 1 is 1.41 bits per heavy atom. The van der Waals surface area contributed by atoms with Crippen LogP contribution in [0.25, 0.3) is 0 Å². The van der Waals surface area contributed by atoms with Gasteiger partial charge in [0.15, 0.2) is 0 Å². The maximum absolute atomic E-state index is 11.2. The fourth-order valence-corrected chi connectivity index (χ4v) is 1.44. The normalized spacial score (nSPS) is 10.2. The third-order valence-corrected chi connectivity index (χ3v) is 2.27. The quantitative estimate of drug-likeness (QED) is 0.787. The molecule has 0 fully saturated rings. The minimum Gasteiger partial charge on any atom is -0.465 e. The second-order valence-corrected chi connectivity index (χ2v) is 3.49. The number of anilines is 1. The summed E-state index contributed by atoms with van der Waals surface area (Å²) in [6.07, 6.45) is 1.56. The number of benzene rings is 1. The lowest BCUT2D eigenvalue weighted by Crippen LogP contribution is -2.03. The molecule has 17 heavy (non-hydrogen) atoms. The molecule has 0 bridgehead atoms. The molecule has 1 aromatic heterocycles. The zero-order valence-electron chi connectivity index (χ0n) is 9.33. The highest BCUT2D eigenvalue weighted by atomic mass is 16.5. The molecule has 0 aliphatic heterocycles. The molecule has 0 saturated carbocycles. The van der Waals surface area contributed by atoms with E-state index in [4.69, 9.17) is 5.73 Å². The lowest BCUT2D eigenvalue weighted by molar-refractivity contribution is 0.0600. The Kier molecular flexibility index (Phi) is 3.04. The number of esters is 1. The van der Waals surface area contributed by atoms with Crippen molar-refractivity contribution in [3.63, 3.8) is 0 Å². The zero-order valence-corrected chi connectivity index (χ0v) is 9.33. The summed E-state index contributed by atoms with van der Waals surface area (Å²) in [6, 6.07) is 7.09. The SMILES string of the molecule is COC(=O)c1ccc(Cn2cnc(N)n2)cc1. The number of carbonyl (C=O) groups excluding carboxylic acids is 1. The first-order chi connectivity index (χ1) is 8.19. The number of hydrogen-bond acceptors (Lipinski definition) is 5. The molecule has 6 heteroatoms. The van der Waals surface area contributed by atoms with Crippen molar-refractivity contribution in [1.82, 2.24) is 14.8 Å². The molecule has 1 heterocycles. The largest absolute Gasteiger partial charge is 0.465 e. The number of methoxy groups -OCH3 is 1. The van der Waals surface area contributed by atoms with Crippen LogP contribution in [0.2, 0.25) is 0 Å². The van der Waals surface area contributed by atoms with Crippen LogP contribution in [0.4, 0.5) is 5.95 Å². The van der Waals surface area contributed by atoms with E-state index in [0.29, 0.717) is 12.1 Å². The van der Waals surface area contributed by atoms with Gasteiger partial charge in [-0.2, -0.15) is 0 Å². The maximum Gasteiger partial charge on any atom is 0.337 e. The zero-order chi connectivity index (χ0) is 12.3. The van der Waals surface area contributed by atoms with Gasteiger partial charge in [-0.3, -0.25) is 0 Å². The topological polar surface area (TPSA) is 83.0 Å². The number of nitrogens with zero attached hydrogens (tertiary/aromatic N) is 3. The summed E-state index contributed by atoms with van der Waals surface area (Å²) in [6.45, 7) is 0.561. The number of hydrogen-bond donors (Lipinski definition) is 1. The van der Waals surface area contributed by atoms with Crippen molar-refractivity contribution in [2.45, 2.75) is 6.54 Å². The number of ether oxygens (including phenoxy) is 1. The summed E-state index contributed by atoms with van der Waals surface area (Å²) >= 11 is 0. The van der Waals surface area contributed by atoms with Crippen molar-refractivity contribution < 1.29 is 9.53 Å². The Balaban J connectivity index is 2.10. The van der Waals surface area contributed by atoms with Gasteiger partial charge in [-0.15, -0.1) is 5.10 Å². The van der Waals surface area contributed by atoms with Crippen molar-refractivity contribution >= 4 is 11.9 Å². The van der Waals surface area contributed by atoms with E-state index >= 15 is 0 Å². The molecule has 0 radical (unpaired) electrons. The van der Waals surface area contributed by atoms with Gasteiger partial charge in [0.25, 0.3) is 0 Å². The third-order valence-electron chi connectivity index (χ3n) is 2.27. The summed E-state index contributed by atoms with van der Waals surface area (Å²) in [4.78, 5) is 15.0. The van der Waals surface area contributed by atoms with Gasteiger partial charge in [0.1, 0.15) is 6.33 Å². The predicted octanol–water partition coefficient (Wildman–Crippen LogP) is 0.695. The highest BCUT2D eigenvalue weighted by Gasteiger charge is 2.04. The van der Waals surface area contributed by atoms with Crippen molar-refractivity contribution in [1.29, 1.82) is 0 Å². The Labute approximate surface area is 98.0 Å². The van der Waals surface area contributed by atoms with Crippen molar-refractivity contribution in [2.24, 2.45) is 0 Å². The van der Waals surface area contributed by atoms with Crippen molar-refractivity contribution in [3.05, 3.63) is 41.7 Å². The molecule has 2 aromatic rings. The molecular formula is C11H12N4O2. The van der Waals surface area contributed by atoms with E-state index in [1.54, 1.807) is 23.1 Å². The van der Waals surface area contributed by atoms with E-state index in [0.717, 1.165) is 5.56 Å². The van der Waals surface area contributed by atoms with Crippen LogP contribution >= 0.6 is 0 Å². The highest BCUT2D eigenvalue weighted by Crippen LogP contribution is 2.07. The van der Waals surface area contributed by atoms with E-state index < -0.39 is 0 Å². The third kappa shape index (κ3) is 2.60. The highest BCUT2D eigenvalue weighted by molar-refractivity contribution is 5.89. The van der Waals surface area contributed by atoms with Gasteiger partial charge < -0.3 is 10.5 Å². The van der Waals surface area contributed by atoms with Gasteiger partial charge >= 0.3 is 5.97 Å². The summed E-state index contributed by atoms with van der Waals surface area (Å²) < 4.78 is 6.24. The van der Waals surface area contributed by atoms with E-state index in [1.165, 1.54) is 7.11 Å². The summed E-state index contributed by atoms with van der Waals surface area (Å²) in [7, 11) is 1.36. The average molecular weight is 232 g/mol. The van der Waals surface area contributed by atoms with Crippen LogP contribution in [-0.2, 0) is 11.3 Å². The lowest BCUT2D eigenvalue weighted by Gasteiger charge is -2.02. The number of nitrogens with two attached hydrogens (primary N) is 1. The van der Waals surface area contributed by atoms with E-state index in [9.17, 15) is 4.79 Å². The first-order valence-corrected chi connectivity index (χ1v) is 5.01. The minimum absolute atomic E-state index is 0.246. The molecule has 0 aliphatic carbocycles. The molecule has 0 saturated heterocycles. The van der Waals surface area contributed by atoms with Crippen LogP contribution in [0.3, 0.4) is 0 Å². The molecule has 0 unspecified atom stereocenters. The van der Waals surface area contributed by atoms with Crippen LogP contribution in [-0.4, -0.2) is 27.8 Å². The summed E-state index contributed by atoms with van der Waals surface area (Å²) in [5.74, 6) is -0.0993. The van der Waals surface area contributed by atoms with Crippen LogP contribution in [0, 0.1) is 0 Å². The van der Waals surface area contributed by atoms with E-state index in [2.05, 4.69) is 14.8 Å². The molecule has 6 nitrogen and oxygen atoms in total. The maximum atomic E-state index is 11.2. The van der Waals surface area contributed by atoms with Crippen LogP contribution in [0.15, 0.2) is 30.6 Å². The predicted molar refractivity (Wildman–Crippen MR) is 61.3 cm³/mol. The van der Waals surface area contributed by atoms with Gasteiger partial charge in [0, 0.05) is 0 Å². The molecule has 0 spiro atoms. The Hall–Kier alpha value is -2.37. The van der Waals surface area contributed by atoms with E-state index in [-0.39, 0.29) is 11.9 Å². The standard InChI is InChI=1S/C11H12N4O2/c1-17-10(16)9-4-2-8(3-5-9)6-15-7-13-11(12)14-15/h2-5,7H,6H2,1H3,(H2,12,14). The van der Waals surface area contributed by atoms with Crippen molar-refractivity contribution in [2.75, 3.05) is 12.8 Å². The molecular weight excluding hydrogens is 220 g/mol. The van der Waals surface area contributed by atoms with Gasteiger partial charge in [-0.05, 0) is 17.7 Å². The Morgan fingerprint density at radius 3 is 2.65 bits per heavy atom. The number of rotatable bonds is 3. The van der Waals surface area contributed by atoms with Crippen LogP contribution in [0.1, 0.15) is 15.9 Å². The minimum atomic E-state index is -0.346. The molecule has 2 N–H and O–H groups in total. The lowest BCUT2D eigenvalue weighted by atomic mass is 10.1. The second kappa shape index (κ2) is 4.65. The first kappa shape index (κ1) is 11.1. The Morgan fingerprint density at radius 2 is 2.12 bits per heavy atom. The summed E-state index contributed by atoms with van der Waals surface area (Å²) in [5.41, 5.74) is 6.93. The second-order valence-electron chi connectivity index (χ2n) is 3.49. The number of aromatic nitrogens is 3. The van der Waals surface area contributed by atoms with Gasteiger partial charge in [0.05, 0.1) is 19.2 Å². The molecule has 88 valence electrons. The molecule has 0 aliphatic rings. The molecule has 0 atom stereocenters. The fraction of sp³-hybridized carbons (Fsp3) is 0.182. The first-order valence-electron chi connectivity index (χ1n) is 5.01. The van der Waals surface area contributed by atoms with Crippen LogP contribution < -0.4 is 5.73 Å². The van der Waals surface area contributed by atoms with Crippen LogP contribution in [0.5, 0.6) is 0 Å². The van der Waals surface area contributed by atoms with E-state index in [1.807, 2.05) is 12.1 Å². The Bertz CT molecular complexity index is 519. The fourth-order valence-electron chi connectivity index (χ4n) is 1.44. The van der Waals surface area contributed by atoms with Gasteiger partial charge in [-0.25, -0.2) is 14.5 Å². The summed E-state index contributed by atoms with van der Waals surface area (Å²) in [5, 5.41) is 3.97. The number of nitrogen functional groups attached to an aromatic ring is 1. The average Bonchev–Trinajstić information content (AvgIpc) is 2.75. The molecule has 1 aromatic carbocycles. The van der Waals surface area contributed by atoms with Crippen molar-refractivity contribution in [3.8, 4) is 0 Å². The smallest absolute Gasteiger partial charge is 0.337 e. The molecule has 0 amide bonds. The molecule has 2 rings (SSSR count). The van der Waals surface area contributed by atoms with Gasteiger partial charge in [-0.1, -0.05) is 12.1 Å². The number of carbonyl (C=O) groups is 1. The monoisotopic (exact) mass is 232 g/mol.